The second-order valence-corrected chi connectivity index (χ2v) is 2.43. The van der Waals surface area contributed by atoms with Gasteiger partial charge in [0, 0.05) is 5.57 Å². The monoisotopic (exact) mass is 160 g/mol. The van der Waals surface area contributed by atoms with Crippen molar-refractivity contribution in [3.63, 3.8) is 0 Å². The van der Waals surface area contributed by atoms with E-state index in [1.54, 1.807) is 13.8 Å². The molecule has 0 bridgehead atoms. The Morgan fingerprint density at radius 3 is 2.09 bits per heavy atom. The molecule has 0 spiro atoms. The van der Waals surface area contributed by atoms with Gasteiger partial charge in [-0.25, -0.2) is 0 Å². The molecular weight excluding hydrogens is 144 g/mol. The average Bonchev–Trinajstić information content (AvgIpc) is 1.87. The number of hydrogen-bond acceptors (Lipinski definition) is 3. The molecule has 2 N–H and O–H groups in total. The maximum atomic E-state index is 9.10. The van der Waals surface area contributed by atoms with E-state index in [1.165, 1.54) is 6.26 Å². The van der Waals surface area contributed by atoms with Crippen LogP contribution in [0.3, 0.4) is 0 Å². The van der Waals surface area contributed by atoms with Gasteiger partial charge >= 0.3 is 0 Å². The van der Waals surface area contributed by atoms with Gasteiger partial charge in [-0.2, -0.15) is 0 Å². The maximum absolute atomic E-state index is 9.10. The molecule has 3 nitrogen and oxygen atoms in total. The lowest BCUT2D eigenvalue weighted by Gasteiger charge is -2.12. The molecule has 0 amide bonds. The highest BCUT2D eigenvalue weighted by Crippen LogP contribution is 2.07. The third kappa shape index (κ3) is 4.01. The Balaban J connectivity index is 4.09. The smallest absolute Gasteiger partial charge is 0.0872 e. The third-order valence-corrected chi connectivity index (χ3v) is 1.35. The molecule has 2 unspecified atom stereocenters. The van der Waals surface area contributed by atoms with Crippen molar-refractivity contribution in [2.24, 2.45) is 0 Å². The molecule has 0 aliphatic rings. The van der Waals surface area contributed by atoms with E-state index >= 15 is 0 Å². The number of ether oxygens (including phenoxy) is 1. The first-order valence-electron chi connectivity index (χ1n) is 3.77. The molecule has 0 aromatic rings. The van der Waals surface area contributed by atoms with Gasteiger partial charge < -0.3 is 14.9 Å². The van der Waals surface area contributed by atoms with Crippen molar-refractivity contribution in [2.75, 3.05) is 6.61 Å². The first-order chi connectivity index (χ1) is 5.09. The molecule has 0 rings (SSSR count). The van der Waals surface area contributed by atoms with Crippen LogP contribution in [0, 0.1) is 0 Å². The van der Waals surface area contributed by atoms with Crippen LogP contribution < -0.4 is 0 Å². The standard InChI is InChI=1S/C8H16O3/c1-4-11-5-8(6(2)9)7(3)10/h5-7,9-10H,4H2,1-3H3. The van der Waals surface area contributed by atoms with Crippen LogP contribution in [0.2, 0.25) is 0 Å². The van der Waals surface area contributed by atoms with E-state index < -0.39 is 12.2 Å². The maximum Gasteiger partial charge on any atom is 0.0872 e. The number of aliphatic hydroxyl groups excluding tert-OH is 2. The normalized spacial score (nSPS) is 15.4. The zero-order chi connectivity index (χ0) is 8.85. The number of rotatable bonds is 4. The fourth-order valence-electron chi connectivity index (χ4n) is 0.726. The van der Waals surface area contributed by atoms with Crippen molar-refractivity contribution in [1.82, 2.24) is 0 Å². The van der Waals surface area contributed by atoms with E-state index in [1.807, 2.05) is 6.92 Å². The summed E-state index contributed by atoms with van der Waals surface area (Å²) in [5.41, 5.74) is 0.506. The largest absolute Gasteiger partial charge is 0.501 e. The van der Waals surface area contributed by atoms with Gasteiger partial charge in [-0.1, -0.05) is 0 Å². The first kappa shape index (κ1) is 10.5. The van der Waals surface area contributed by atoms with Gasteiger partial charge in [0.25, 0.3) is 0 Å². The summed E-state index contributed by atoms with van der Waals surface area (Å²) in [6.45, 7) is 5.58. The molecule has 0 fully saturated rings. The van der Waals surface area contributed by atoms with Crippen molar-refractivity contribution >= 4 is 0 Å². The molecule has 0 radical (unpaired) electrons. The summed E-state index contributed by atoms with van der Waals surface area (Å²) in [7, 11) is 0. The molecule has 0 saturated carbocycles. The zero-order valence-electron chi connectivity index (χ0n) is 7.24. The predicted octanol–water partition coefficient (Wildman–Crippen LogP) is 0.668. The predicted molar refractivity (Wildman–Crippen MR) is 43.1 cm³/mol. The van der Waals surface area contributed by atoms with Crippen molar-refractivity contribution in [1.29, 1.82) is 0 Å². The van der Waals surface area contributed by atoms with Crippen LogP contribution in [0.4, 0.5) is 0 Å². The van der Waals surface area contributed by atoms with Crippen LogP contribution >= 0.6 is 0 Å². The summed E-state index contributed by atoms with van der Waals surface area (Å²) in [4.78, 5) is 0. The van der Waals surface area contributed by atoms with Gasteiger partial charge in [0.15, 0.2) is 0 Å². The Bertz CT molecular complexity index is 117. The lowest BCUT2D eigenvalue weighted by Crippen LogP contribution is -2.16. The highest BCUT2D eigenvalue weighted by Gasteiger charge is 2.10. The fraction of sp³-hybridized carbons (Fsp3) is 0.750. The zero-order valence-corrected chi connectivity index (χ0v) is 7.24. The minimum atomic E-state index is -0.651. The Hall–Kier alpha value is -0.540. The first-order valence-corrected chi connectivity index (χ1v) is 3.77. The summed E-state index contributed by atoms with van der Waals surface area (Å²) < 4.78 is 4.94. The minimum Gasteiger partial charge on any atom is -0.501 e. The van der Waals surface area contributed by atoms with Crippen molar-refractivity contribution in [3.8, 4) is 0 Å². The molecule has 3 heteroatoms. The Morgan fingerprint density at radius 2 is 1.82 bits per heavy atom. The van der Waals surface area contributed by atoms with Crippen LogP contribution in [-0.4, -0.2) is 29.0 Å². The van der Waals surface area contributed by atoms with Crippen LogP contribution in [-0.2, 0) is 4.74 Å². The van der Waals surface area contributed by atoms with Crippen LogP contribution in [0.25, 0.3) is 0 Å². The molecule has 0 saturated heterocycles. The molecule has 66 valence electrons. The molecule has 0 aromatic carbocycles. The van der Waals surface area contributed by atoms with E-state index in [0.717, 1.165) is 0 Å². The Kier molecular flexibility index (Phi) is 4.90. The number of hydrogen-bond donors (Lipinski definition) is 2. The van der Waals surface area contributed by atoms with Crippen LogP contribution in [0.1, 0.15) is 20.8 Å². The van der Waals surface area contributed by atoms with E-state index in [-0.39, 0.29) is 0 Å². The molecule has 0 aliphatic carbocycles. The highest BCUT2D eigenvalue weighted by atomic mass is 16.5. The van der Waals surface area contributed by atoms with E-state index in [0.29, 0.717) is 12.2 Å². The van der Waals surface area contributed by atoms with Gasteiger partial charge in [-0.3, -0.25) is 0 Å². The van der Waals surface area contributed by atoms with Crippen molar-refractivity contribution in [3.05, 3.63) is 11.8 Å². The highest BCUT2D eigenvalue weighted by molar-refractivity contribution is 5.08. The summed E-state index contributed by atoms with van der Waals surface area (Å²) in [6, 6.07) is 0. The third-order valence-electron chi connectivity index (χ3n) is 1.35. The molecule has 2 atom stereocenters. The average molecular weight is 160 g/mol. The minimum absolute atomic E-state index is 0.506. The van der Waals surface area contributed by atoms with Gasteiger partial charge in [0.2, 0.25) is 0 Å². The Labute approximate surface area is 67.3 Å². The topological polar surface area (TPSA) is 49.7 Å². The molecule has 0 heterocycles. The van der Waals surface area contributed by atoms with Gasteiger partial charge in [0.1, 0.15) is 0 Å². The fourth-order valence-corrected chi connectivity index (χ4v) is 0.726. The van der Waals surface area contributed by atoms with E-state index in [9.17, 15) is 0 Å². The van der Waals surface area contributed by atoms with Gasteiger partial charge in [-0.05, 0) is 20.8 Å². The van der Waals surface area contributed by atoms with Crippen molar-refractivity contribution in [2.45, 2.75) is 33.0 Å². The molecule has 11 heavy (non-hydrogen) atoms. The van der Waals surface area contributed by atoms with E-state index in [4.69, 9.17) is 14.9 Å². The second-order valence-electron chi connectivity index (χ2n) is 2.43. The summed E-state index contributed by atoms with van der Waals surface area (Å²) >= 11 is 0. The second kappa shape index (κ2) is 5.16. The quantitative estimate of drug-likeness (QED) is 0.594. The molecule has 0 aromatic heterocycles. The Morgan fingerprint density at radius 1 is 1.36 bits per heavy atom. The summed E-state index contributed by atoms with van der Waals surface area (Å²) in [5.74, 6) is 0. The van der Waals surface area contributed by atoms with Crippen LogP contribution in [0.15, 0.2) is 11.8 Å². The lowest BCUT2D eigenvalue weighted by atomic mass is 10.1. The van der Waals surface area contributed by atoms with Gasteiger partial charge in [-0.15, -0.1) is 0 Å². The molecule has 0 aliphatic heterocycles. The van der Waals surface area contributed by atoms with Gasteiger partial charge in [0.05, 0.1) is 25.1 Å². The summed E-state index contributed by atoms with van der Waals surface area (Å²) in [5, 5.41) is 18.2. The van der Waals surface area contributed by atoms with Crippen molar-refractivity contribution < 1.29 is 14.9 Å². The SMILES string of the molecule is CCOC=C(C(C)O)C(C)O. The number of aliphatic hydroxyl groups is 2. The lowest BCUT2D eigenvalue weighted by molar-refractivity contribution is 0.151. The van der Waals surface area contributed by atoms with Crippen LogP contribution in [0.5, 0.6) is 0 Å². The van der Waals surface area contributed by atoms with E-state index in [2.05, 4.69) is 0 Å². The molecular formula is C8H16O3. The summed E-state index contributed by atoms with van der Waals surface area (Å²) in [6.07, 6.45) is 0.109.